The summed E-state index contributed by atoms with van der Waals surface area (Å²) in [5.41, 5.74) is 1.42. The number of hydrogen-bond donors (Lipinski definition) is 1. The molecule has 0 aliphatic heterocycles. The number of rotatable bonds is 3. The SMILES string of the molecule is Fc1c(Cl)cccc1CNc1ccc(Cl)cc1. The summed E-state index contributed by atoms with van der Waals surface area (Å²) in [4.78, 5) is 0. The van der Waals surface area contributed by atoms with Crippen LogP contribution in [0.2, 0.25) is 10.0 Å². The summed E-state index contributed by atoms with van der Waals surface area (Å²) in [5, 5.41) is 3.91. The van der Waals surface area contributed by atoms with Gasteiger partial charge in [0.05, 0.1) is 5.02 Å². The molecule has 0 fully saturated rings. The predicted molar refractivity (Wildman–Crippen MR) is 70.2 cm³/mol. The summed E-state index contributed by atoms with van der Waals surface area (Å²) in [6, 6.07) is 12.2. The normalized spacial score (nSPS) is 10.3. The van der Waals surface area contributed by atoms with Gasteiger partial charge >= 0.3 is 0 Å². The van der Waals surface area contributed by atoms with Crippen molar-refractivity contribution in [3.05, 3.63) is 63.9 Å². The first kappa shape index (κ1) is 12.2. The molecule has 0 aliphatic rings. The zero-order chi connectivity index (χ0) is 12.3. The molecule has 1 nitrogen and oxygen atoms in total. The van der Waals surface area contributed by atoms with Crippen LogP contribution in [0, 0.1) is 5.82 Å². The molecule has 0 aromatic heterocycles. The highest BCUT2D eigenvalue weighted by Gasteiger charge is 2.05. The third-order valence-corrected chi connectivity index (χ3v) is 2.90. The molecule has 0 amide bonds. The van der Waals surface area contributed by atoms with Crippen molar-refractivity contribution in [1.29, 1.82) is 0 Å². The minimum Gasteiger partial charge on any atom is -0.381 e. The van der Waals surface area contributed by atoms with E-state index in [1.165, 1.54) is 6.07 Å². The predicted octanol–water partition coefficient (Wildman–Crippen LogP) is 4.74. The second-order valence-electron chi connectivity index (χ2n) is 3.57. The fourth-order valence-electron chi connectivity index (χ4n) is 1.45. The maximum atomic E-state index is 13.6. The summed E-state index contributed by atoms with van der Waals surface area (Å²) in [6.07, 6.45) is 0. The van der Waals surface area contributed by atoms with Crippen molar-refractivity contribution in [2.45, 2.75) is 6.54 Å². The van der Waals surface area contributed by atoms with Crippen molar-refractivity contribution < 1.29 is 4.39 Å². The van der Waals surface area contributed by atoms with Gasteiger partial charge in [-0.3, -0.25) is 0 Å². The monoisotopic (exact) mass is 269 g/mol. The molecule has 0 spiro atoms. The number of anilines is 1. The standard InChI is InChI=1S/C13H10Cl2FN/c14-10-4-6-11(7-5-10)17-8-9-2-1-3-12(15)13(9)16/h1-7,17H,8H2. The van der Waals surface area contributed by atoms with Crippen LogP contribution in [-0.4, -0.2) is 0 Å². The van der Waals surface area contributed by atoms with Crippen molar-refractivity contribution in [3.63, 3.8) is 0 Å². The fourth-order valence-corrected chi connectivity index (χ4v) is 1.77. The lowest BCUT2D eigenvalue weighted by Gasteiger charge is -2.08. The van der Waals surface area contributed by atoms with E-state index in [4.69, 9.17) is 23.2 Å². The molecule has 1 N–H and O–H groups in total. The Morgan fingerprint density at radius 3 is 2.41 bits per heavy atom. The smallest absolute Gasteiger partial charge is 0.146 e. The Morgan fingerprint density at radius 1 is 1.00 bits per heavy atom. The number of hydrogen-bond acceptors (Lipinski definition) is 1. The first-order chi connectivity index (χ1) is 8.16. The van der Waals surface area contributed by atoms with E-state index in [-0.39, 0.29) is 10.8 Å². The van der Waals surface area contributed by atoms with Gasteiger partial charge in [-0.15, -0.1) is 0 Å². The molecule has 2 rings (SSSR count). The summed E-state index contributed by atoms with van der Waals surface area (Å²) in [6.45, 7) is 0.383. The van der Waals surface area contributed by atoms with Gasteiger partial charge < -0.3 is 5.32 Å². The van der Waals surface area contributed by atoms with Crippen LogP contribution in [-0.2, 0) is 6.54 Å². The lowest BCUT2D eigenvalue weighted by Crippen LogP contribution is -2.01. The van der Waals surface area contributed by atoms with Gasteiger partial charge in [0.15, 0.2) is 0 Å². The molecular formula is C13H10Cl2FN. The zero-order valence-corrected chi connectivity index (χ0v) is 10.4. The second-order valence-corrected chi connectivity index (χ2v) is 4.42. The van der Waals surface area contributed by atoms with Crippen LogP contribution >= 0.6 is 23.2 Å². The van der Waals surface area contributed by atoms with E-state index in [0.717, 1.165) is 5.69 Å². The highest BCUT2D eigenvalue weighted by molar-refractivity contribution is 6.31. The molecule has 2 aromatic carbocycles. The lowest BCUT2D eigenvalue weighted by molar-refractivity contribution is 0.613. The number of halogens is 3. The van der Waals surface area contributed by atoms with E-state index in [1.807, 2.05) is 12.1 Å². The second kappa shape index (κ2) is 5.39. The Labute approximate surface area is 109 Å². The molecule has 88 valence electrons. The molecule has 0 saturated carbocycles. The third-order valence-electron chi connectivity index (χ3n) is 2.36. The van der Waals surface area contributed by atoms with E-state index in [1.54, 1.807) is 24.3 Å². The maximum absolute atomic E-state index is 13.6. The Bertz CT molecular complexity index is 511. The number of benzene rings is 2. The molecule has 4 heteroatoms. The van der Waals surface area contributed by atoms with E-state index in [2.05, 4.69) is 5.32 Å². The van der Waals surface area contributed by atoms with Crippen LogP contribution in [0.3, 0.4) is 0 Å². The van der Waals surface area contributed by atoms with Crippen LogP contribution < -0.4 is 5.32 Å². The maximum Gasteiger partial charge on any atom is 0.146 e. The van der Waals surface area contributed by atoms with E-state index in [9.17, 15) is 4.39 Å². The van der Waals surface area contributed by atoms with Crippen LogP contribution in [0.1, 0.15) is 5.56 Å². The van der Waals surface area contributed by atoms with Crippen LogP contribution in [0.5, 0.6) is 0 Å². The van der Waals surface area contributed by atoms with Gasteiger partial charge in [0, 0.05) is 22.8 Å². The minimum absolute atomic E-state index is 0.139. The van der Waals surface area contributed by atoms with Crippen molar-refractivity contribution >= 4 is 28.9 Å². The van der Waals surface area contributed by atoms with Crippen LogP contribution in [0.15, 0.2) is 42.5 Å². The third kappa shape index (κ3) is 3.11. The molecule has 0 heterocycles. The molecule has 0 aliphatic carbocycles. The molecule has 0 bridgehead atoms. The molecule has 0 radical (unpaired) electrons. The van der Waals surface area contributed by atoms with Crippen molar-refractivity contribution in [1.82, 2.24) is 0 Å². The van der Waals surface area contributed by atoms with Crippen molar-refractivity contribution in [3.8, 4) is 0 Å². The minimum atomic E-state index is -0.379. The lowest BCUT2D eigenvalue weighted by atomic mass is 10.2. The van der Waals surface area contributed by atoms with Crippen molar-refractivity contribution in [2.24, 2.45) is 0 Å². The molecule has 0 saturated heterocycles. The summed E-state index contributed by atoms with van der Waals surface area (Å²) in [7, 11) is 0. The molecule has 2 aromatic rings. The van der Waals surface area contributed by atoms with E-state index < -0.39 is 0 Å². The highest BCUT2D eigenvalue weighted by atomic mass is 35.5. The zero-order valence-electron chi connectivity index (χ0n) is 8.88. The Morgan fingerprint density at radius 2 is 1.71 bits per heavy atom. The molecular weight excluding hydrogens is 260 g/mol. The average Bonchev–Trinajstić information content (AvgIpc) is 2.33. The van der Waals surface area contributed by atoms with Crippen molar-refractivity contribution in [2.75, 3.05) is 5.32 Å². The van der Waals surface area contributed by atoms with Crippen LogP contribution in [0.4, 0.5) is 10.1 Å². The van der Waals surface area contributed by atoms with Gasteiger partial charge in [0.2, 0.25) is 0 Å². The Balaban J connectivity index is 2.07. The Hall–Kier alpha value is -1.25. The summed E-state index contributed by atoms with van der Waals surface area (Å²) < 4.78 is 13.6. The van der Waals surface area contributed by atoms with Gasteiger partial charge in [0.25, 0.3) is 0 Å². The first-order valence-electron chi connectivity index (χ1n) is 5.09. The highest BCUT2D eigenvalue weighted by Crippen LogP contribution is 2.19. The van der Waals surface area contributed by atoms with E-state index >= 15 is 0 Å². The van der Waals surface area contributed by atoms with Gasteiger partial charge in [-0.1, -0.05) is 35.3 Å². The largest absolute Gasteiger partial charge is 0.381 e. The first-order valence-corrected chi connectivity index (χ1v) is 5.85. The quantitative estimate of drug-likeness (QED) is 0.849. The Kier molecular flexibility index (Phi) is 3.87. The van der Waals surface area contributed by atoms with Gasteiger partial charge in [-0.25, -0.2) is 4.39 Å². The van der Waals surface area contributed by atoms with Gasteiger partial charge in [-0.2, -0.15) is 0 Å². The molecule has 0 atom stereocenters. The van der Waals surface area contributed by atoms with Crippen LogP contribution in [0.25, 0.3) is 0 Å². The van der Waals surface area contributed by atoms with Gasteiger partial charge in [0.1, 0.15) is 5.82 Å². The topological polar surface area (TPSA) is 12.0 Å². The van der Waals surface area contributed by atoms with Gasteiger partial charge in [-0.05, 0) is 30.3 Å². The molecule has 17 heavy (non-hydrogen) atoms. The average molecular weight is 270 g/mol. The molecule has 0 unspecified atom stereocenters. The summed E-state index contributed by atoms with van der Waals surface area (Å²) in [5.74, 6) is -0.379. The number of nitrogens with one attached hydrogen (secondary N) is 1. The van der Waals surface area contributed by atoms with E-state index in [0.29, 0.717) is 17.1 Å². The summed E-state index contributed by atoms with van der Waals surface area (Å²) >= 11 is 11.5. The fraction of sp³-hybridized carbons (Fsp3) is 0.0769.